The molecule has 0 aliphatic heterocycles. The van der Waals surface area contributed by atoms with Crippen molar-refractivity contribution >= 4 is 28.8 Å². The lowest BCUT2D eigenvalue weighted by molar-refractivity contribution is -0.114. The highest BCUT2D eigenvalue weighted by atomic mass is 32.1. The summed E-state index contributed by atoms with van der Waals surface area (Å²) in [5, 5.41) is 5.54. The van der Waals surface area contributed by atoms with E-state index in [1.807, 2.05) is 12.4 Å². The Bertz CT molecular complexity index is 635. The van der Waals surface area contributed by atoms with E-state index in [4.69, 9.17) is 0 Å². The summed E-state index contributed by atoms with van der Waals surface area (Å²) in [6.45, 7) is 3.99. The molecule has 2 N–H and O–H groups in total. The Kier molecular flexibility index (Phi) is 5.05. The highest BCUT2D eigenvalue weighted by Gasteiger charge is 2.06. The average Bonchev–Trinajstić information content (AvgIpc) is 2.84. The van der Waals surface area contributed by atoms with Crippen molar-refractivity contribution in [2.45, 2.75) is 20.3 Å². The minimum Gasteiger partial charge on any atom is -0.352 e. The van der Waals surface area contributed by atoms with Gasteiger partial charge in [-0.3, -0.25) is 9.59 Å². The Balaban J connectivity index is 1.85. The summed E-state index contributed by atoms with van der Waals surface area (Å²) >= 11 is 1.60. The molecule has 1 heterocycles. The van der Waals surface area contributed by atoms with Crippen LogP contribution in [0.4, 0.5) is 5.69 Å². The second kappa shape index (κ2) is 6.99. The summed E-state index contributed by atoms with van der Waals surface area (Å²) in [7, 11) is 0. The van der Waals surface area contributed by atoms with Crippen LogP contribution >= 0.6 is 11.3 Å². The molecular weight excluding hydrogens is 286 g/mol. The average molecular weight is 303 g/mol. The van der Waals surface area contributed by atoms with Gasteiger partial charge < -0.3 is 10.6 Å². The Morgan fingerprint density at radius 3 is 2.52 bits per heavy atom. The van der Waals surface area contributed by atoms with Crippen molar-refractivity contribution in [3.05, 3.63) is 45.9 Å². The van der Waals surface area contributed by atoms with E-state index >= 15 is 0 Å². The van der Waals surface area contributed by atoms with E-state index < -0.39 is 0 Å². The number of anilines is 1. The fourth-order valence-electron chi connectivity index (χ4n) is 1.87. The van der Waals surface area contributed by atoms with Crippen LogP contribution in [0.5, 0.6) is 0 Å². The maximum Gasteiger partial charge on any atom is 0.251 e. The maximum atomic E-state index is 12.0. The lowest BCUT2D eigenvalue weighted by atomic mass is 10.2. The van der Waals surface area contributed by atoms with Gasteiger partial charge in [-0.25, -0.2) is 4.98 Å². The molecule has 0 saturated heterocycles. The number of carbonyl (C=O) groups is 2. The zero-order chi connectivity index (χ0) is 15.2. The monoisotopic (exact) mass is 303 g/mol. The first-order chi connectivity index (χ1) is 10.1. The molecule has 5 nitrogen and oxygen atoms in total. The van der Waals surface area contributed by atoms with Crippen molar-refractivity contribution in [3.63, 3.8) is 0 Å². The van der Waals surface area contributed by atoms with Crippen molar-refractivity contribution in [2.75, 3.05) is 11.9 Å². The standard InChI is InChI=1S/C15H17N3O2S/c1-10-14(21-9-17-10)7-8-16-15(20)12-3-5-13(6-4-12)18-11(2)19/h3-6,9H,7-8H2,1-2H3,(H,16,20)(H,18,19). The summed E-state index contributed by atoms with van der Waals surface area (Å²) in [5.41, 5.74) is 4.09. The number of thiazole rings is 1. The minimum atomic E-state index is -0.132. The molecule has 21 heavy (non-hydrogen) atoms. The quantitative estimate of drug-likeness (QED) is 0.891. The van der Waals surface area contributed by atoms with Crippen molar-refractivity contribution in [1.29, 1.82) is 0 Å². The largest absolute Gasteiger partial charge is 0.352 e. The highest BCUT2D eigenvalue weighted by molar-refractivity contribution is 7.09. The third kappa shape index (κ3) is 4.39. The van der Waals surface area contributed by atoms with Crippen LogP contribution in [0.2, 0.25) is 0 Å². The molecule has 0 saturated carbocycles. The van der Waals surface area contributed by atoms with Gasteiger partial charge in [0, 0.05) is 36.0 Å². The number of rotatable bonds is 5. The highest BCUT2D eigenvalue weighted by Crippen LogP contribution is 2.12. The van der Waals surface area contributed by atoms with Gasteiger partial charge in [-0.05, 0) is 31.2 Å². The Morgan fingerprint density at radius 2 is 1.95 bits per heavy atom. The van der Waals surface area contributed by atoms with Crippen LogP contribution in [-0.2, 0) is 11.2 Å². The van der Waals surface area contributed by atoms with Gasteiger partial charge >= 0.3 is 0 Å². The second-order valence-corrected chi connectivity index (χ2v) is 5.56. The molecule has 2 aromatic rings. The van der Waals surface area contributed by atoms with E-state index in [2.05, 4.69) is 15.6 Å². The topological polar surface area (TPSA) is 71.1 Å². The van der Waals surface area contributed by atoms with Crippen molar-refractivity contribution < 1.29 is 9.59 Å². The zero-order valence-corrected chi connectivity index (χ0v) is 12.8. The predicted molar refractivity (Wildman–Crippen MR) is 83.6 cm³/mol. The summed E-state index contributed by atoms with van der Waals surface area (Å²) in [4.78, 5) is 28.3. The fourth-order valence-corrected chi connectivity index (χ4v) is 2.65. The van der Waals surface area contributed by atoms with E-state index in [1.165, 1.54) is 11.8 Å². The van der Waals surface area contributed by atoms with E-state index in [-0.39, 0.29) is 11.8 Å². The number of hydrogen-bond acceptors (Lipinski definition) is 4. The smallest absolute Gasteiger partial charge is 0.251 e. The number of aryl methyl sites for hydroxylation is 1. The molecule has 0 fully saturated rings. The molecule has 2 rings (SSSR count). The fraction of sp³-hybridized carbons (Fsp3) is 0.267. The minimum absolute atomic E-state index is 0.119. The molecule has 0 aliphatic rings. The third-order valence-corrected chi connectivity index (χ3v) is 3.94. The molecule has 0 aliphatic carbocycles. The summed E-state index contributed by atoms with van der Waals surface area (Å²) in [6.07, 6.45) is 0.784. The van der Waals surface area contributed by atoms with E-state index in [1.54, 1.807) is 35.6 Å². The molecular formula is C15H17N3O2S. The SMILES string of the molecule is CC(=O)Nc1ccc(C(=O)NCCc2scnc2C)cc1. The molecule has 0 atom stereocenters. The molecule has 2 amide bonds. The number of nitrogens with one attached hydrogen (secondary N) is 2. The lowest BCUT2D eigenvalue weighted by Crippen LogP contribution is -2.25. The Morgan fingerprint density at radius 1 is 1.24 bits per heavy atom. The van der Waals surface area contributed by atoms with Crippen molar-refractivity contribution in [3.8, 4) is 0 Å². The van der Waals surface area contributed by atoms with Crippen LogP contribution in [0.3, 0.4) is 0 Å². The number of hydrogen-bond donors (Lipinski definition) is 2. The molecule has 0 radical (unpaired) electrons. The van der Waals surface area contributed by atoms with Crippen molar-refractivity contribution in [2.24, 2.45) is 0 Å². The van der Waals surface area contributed by atoms with Gasteiger partial charge in [-0.15, -0.1) is 11.3 Å². The number of aromatic nitrogens is 1. The van der Waals surface area contributed by atoms with Crippen LogP contribution in [0, 0.1) is 6.92 Å². The number of nitrogens with zero attached hydrogens (tertiary/aromatic N) is 1. The van der Waals surface area contributed by atoms with Gasteiger partial charge in [0.2, 0.25) is 5.91 Å². The number of benzene rings is 1. The zero-order valence-electron chi connectivity index (χ0n) is 12.0. The normalized spacial score (nSPS) is 10.2. The van der Waals surface area contributed by atoms with Crippen LogP contribution in [0.1, 0.15) is 27.9 Å². The first-order valence-electron chi connectivity index (χ1n) is 6.61. The Hall–Kier alpha value is -2.21. The Labute approximate surface area is 127 Å². The van der Waals surface area contributed by atoms with Crippen LogP contribution in [-0.4, -0.2) is 23.3 Å². The van der Waals surface area contributed by atoms with Gasteiger partial charge in [0.25, 0.3) is 5.91 Å². The van der Waals surface area contributed by atoms with E-state index in [0.29, 0.717) is 17.8 Å². The molecule has 0 spiro atoms. The first kappa shape index (κ1) is 15.2. The predicted octanol–water partition coefficient (Wildman–Crippen LogP) is 2.38. The molecule has 110 valence electrons. The van der Waals surface area contributed by atoms with Gasteiger partial charge in [0.05, 0.1) is 11.2 Å². The summed E-state index contributed by atoms with van der Waals surface area (Å²) in [6, 6.07) is 6.81. The van der Waals surface area contributed by atoms with Gasteiger partial charge in [-0.1, -0.05) is 0 Å². The maximum absolute atomic E-state index is 12.0. The van der Waals surface area contributed by atoms with E-state index in [9.17, 15) is 9.59 Å². The van der Waals surface area contributed by atoms with Crippen molar-refractivity contribution in [1.82, 2.24) is 10.3 Å². The number of amides is 2. The summed E-state index contributed by atoms with van der Waals surface area (Å²) < 4.78 is 0. The van der Waals surface area contributed by atoms with Crippen LogP contribution in [0.25, 0.3) is 0 Å². The molecule has 1 aromatic heterocycles. The number of carbonyl (C=O) groups excluding carboxylic acids is 2. The van der Waals surface area contributed by atoms with Gasteiger partial charge in [-0.2, -0.15) is 0 Å². The molecule has 1 aromatic carbocycles. The van der Waals surface area contributed by atoms with Gasteiger partial charge in [0.15, 0.2) is 0 Å². The molecule has 0 bridgehead atoms. The van der Waals surface area contributed by atoms with Gasteiger partial charge in [0.1, 0.15) is 0 Å². The molecule has 6 heteroatoms. The second-order valence-electron chi connectivity index (χ2n) is 4.63. The first-order valence-corrected chi connectivity index (χ1v) is 7.49. The summed E-state index contributed by atoms with van der Waals surface area (Å²) in [5.74, 6) is -0.251. The third-order valence-electron chi connectivity index (χ3n) is 2.95. The van der Waals surface area contributed by atoms with Crippen LogP contribution < -0.4 is 10.6 Å². The lowest BCUT2D eigenvalue weighted by Gasteiger charge is -2.06. The molecule has 0 unspecified atom stereocenters. The van der Waals surface area contributed by atoms with E-state index in [0.717, 1.165) is 12.1 Å². The van der Waals surface area contributed by atoms with Crippen LogP contribution in [0.15, 0.2) is 29.8 Å².